The first kappa shape index (κ1) is 15.3. The van der Waals surface area contributed by atoms with Crippen molar-refractivity contribution in [3.8, 4) is 0 Å². The van der Waals surface area contributed by atoms with Crippen LogP contribution in [0, 0.1) is 0 Å². The number of benzene rings is 1. The van der Waals surface area contributed by atoms with Crippen LogP contribution in [-0.2, 0) is 16.0 Å². The second kappa shape index (κ2) is 6.12. The number of hydrogen-bond donors (Lipinski definition) is 0. The molecule has 1 heterocycles. The summed E-state index contributed by atoms with van der Waals surface area (Å²) in [6.07, 6.45) is 4.46. The number of aldehydes is 1. The van der Waals surface area contributed by atoms with Crippen LogP contribution in [0.4, 0.5) is 4.79 Å². The quantitative estimate of drug-likeness (QED) is 0.632. The fraction of sp³-hybridized carbons (Fsp3) is 0.412. The molecular weight excluding hydrogens is 266 g/mol. The van der Waals surface area contributed by atoms with Crippen molar-refractivity contribution < 1.29 is 14.3 Å². The number of rotatable bonds is 4. The molecule has 21 heavy (non-hydrogen) atoms. The first-order chi connectivity index (χ1) is 9.92. The molecular formula is C17H21NO3. The number of ether oxygens (including phenoxy) is 1. The van der Waals surface area contributed by atoms with E-state index in [1.54, 1.807) is 4.57 Å². The van der Waals surface area contributed by atoms with E-state index in [-0.39, 0.29) is 6.09 Å². The topological polar surface area (TPSA) is 48.3 Å². The average molecular weight is 287 g/mol. The van der Waals surface area contributed by atoms with Crippen molar-refractivity contribution in [2.75, 3.05) is 0 Å². The van der Waals surface area contributed by atoms with Crippen molar-refractivity contribution in [1.82, 2.24) is 4.57 Å². The van der Waals surface area contributed by atoms with E-state index in [0.717, 1.165) is 35.6 Å². The van der Waals surface area contributed by atoms with Crippen LogP contribution >= 0.6 is 0 Å². The van der Waals surface area contributed by atoms with Crippen molar-refractivity contribution in [2.45, 2.75) is 45.6 Å². The highest BCUT2D eigenvalue weighted by atomic mass is 16.6. The van der Waals surface area contributed by atoms with Crippen molar-refractivity contribution in [1.29, 1.82) is 0 Å². The van der Waals surface area contributed by atoms with E-state index in [9.17, 15) is 9.59 Å². The van der Waals surface area contributed by atoms with E-state index in [2.05, 4.69) is 0 Å². The van der Waals surface area contributed by atoms with Crippen molar-refractivity contribution in [3.63, 3.8) is 0 Å². The third-order valence-corrected chi connectivity index (χ3v) is 3.15. The SMILES string of the molecule is CC(C)(C)OC(=O)n1cc(CCCC=O)c2ccccc21. The van der Waals surface area contributed by atoms with Gasteiger partial charge in [-0.05, 0) is 45.2 Å². The fourth-order valence-corrected chi connectivity index (χ4v) is 2.29. The van der Waals surface area contributed by atoms with Gasteiger partial charge in [0.1, 0.15) is 11.9 Å². The Morgan fingerprint density at radius 3 is 2.67 bits per heavy atom. The second-order valence-electron chi connectivity index (χ2n) is 6.08. The molecule has 0 amide bonds. The van der Waals surface area contributed by atoms with Crippen LogP contribution in [0.25, 0.3) is 10.9 Å². The number of fused-ring (bicyclic) bond motifs is 1. The molecule has 0 spiro atoms. The van der Waals surface area contributed by atoms with E-state index in [1.807, 2.05) is 51.2 Å². The van der Waals surface area contributed by atoms with Crippen LogP contribution in [0.3, 0.4) is 0 Å². The number of unbranched alkanes of at least 4 members (excludes halogenated alkanes) is 1. The summed E-state index contributed by atoms with van der Waals surface area (Å²) in [6.45, 7) is 5.55. The van der Waals surface area contributed by atoms with Gasteiger partial charge in [-0.25, -0.2) is 4.79 Å². The van der Waals surface area contributed by atoms with Crippen LogP contribution in [0.2, 0.25) is 0 Å². The molecule has 0 N–H and O–H groups in total. The van der Waals surface area contributed by atoms with Crippen LogP contribution < -0.4 is 0 Å². The third-order valence-electron chi connectivity index (χ3n) is 3.15. The maximum Gasteiger partial charge on any atom is 0.419 e. The standard InChI is InChI=1S/C17H21NO3/c1-17(2,3)21-16(20)18-12-13(8-6-7-11-19)14-9-4-5-10-15(14)18/h4-5,9-12H,6-8H2,1-3H3. The lowest BCUT2D eigenvalue weighted by Gasteiger charge is -2.19. The van der Waals surface area contributed by atoms with Crippen LogP contribution in [0.5, 0.6) is 0 Å². The molecule has 0 saturated carbocycles. The molecule has 4 nitrogen and oxygen atoms in total. The Bertz CT molecular complexity index is 650. The Morgan fingerprint density at radius 1 is 1.29 bits per heavy atom. The van der Waals surface area contributed by atoms with Gasteiger partial charge in [-0.15, -0.1) is 0 Å². The Morgan fingerprint density at radius 2 is 2.00 bits per heavy atom. The Kier molecular flexibility index (Phi) is 4.46. The molecule has 2 aromatic rings. The van der Waals surface area contributed by atoms with Gasteiger partial charge in [0.2, 0.25) is 0 Å². The molecule has 2 rings (SSSR count). The van der Waals surface area contributed by atoms with Gasteiger partial charge in [0.25, 0.3) is 0 Å². The lowest BCUT2D eigenvalue weighted by molar-refractivity contribution is -0.107. The Balaban J connectivity index is 2.35. The van der Waals surface area contributed by atoms with Crippen molar-refractivity contribution >= 4 is 23.3 Å². The molecule has 0 atom stereocenters. The van der Waals surface area contributed by atoms with Gasteiger partial charge in [0.15, 0.2) is 0 Å². The van der Waals surface area contributed by atoms with Crippen molar-refractivity contribution in [3.05, 3.63) is 36.0 Å². The van der Waals surface area contributed by atoms with Gasteiger partial charge in [-0.1, -0.05) is 18.2 Å². The smallest absolute Gasteiger partial charge is 0.419 e. The number of aromatic nitrogens is 1. The lowest BCUT2D eigenvalue weighted by atomic mass is 10.1. The molecule has 1 aromatic heterocycles. The molecule has 0 aliphatic heterocycles. The fourth-order valence-electron chi connectivity index (χ4n) is 2.29. The summed E-state index contributed by atoms with van der Waals surface area (Å²) in [6, 6.07) is 7.75. The zero-order valence-electron chi connectivity index (χ0n) is 12.8. The Labute approximate surface area is 124 Å². The summed E-state index contributed by atoms with van der Waals surface area (Å²) in [5.74, 6) is 0. The van der Waals surface area contributed by atoms with Gasteiger partial charge in [-0.2, -0.15) is 0 Å². The first-order valence-corrected chi connectivity index (χ1v) is 7.18. The normalized spacial score (nSPS) is 11.6. The molecule has 0 aliphatic rings. The van der Waals surface area contributed by atoms with E-state index in [1.165, 1.54) is 0 Å². The molecule has 0 saturated heterocycles. The molecule has 0 unspecified atom stereocenters. The highest BCUT2D eigenvalue weighted by Gasteiger charge is 2.20. The molecule has 0 radical (unpaired) electrons. The minimum absolute atomic E-state index is 0.375. The summed E-state index contributed by atoms with van der Waals surface area (Å²) in [4.78, 5) is 22.8. The van der Waals surface area contributed by atoms with E-state index in [4.69, 9.17) is 4.74 Å². The largest absolute Gasteiger partial charge is 0.443 e. The van der Waals surface area contributed by atoms with Gasteiger partial charge in [-0.3, -0.25) is 4.57 Å². The van der Waals surface area contributed by atoms with E-state index >= 15 is 0 Å². The van der Waals surface area contributed by atoms with Crippen molar-refractivity contribution in [2.24, 2.45) is 0 Å². The summed E-state index contributed by atoms with van der Waals surface area (Å²) in [7, 11) is 0. The summed E-state index contributed by atoms with van der Waals surface area (Å²) in [5.41, 5.74) is 1.38. The van der Waals surface area contributed by atoms with Crippen LogP contribution in [-0.4, -0.2) is 22.5 Å². The first-order valence-electron chi connectivity index (χ1n) is 7.18. The minimum atomic E-state index is -0.528. The van der Waals surface area contributed by atoms with Crippen LogP contribution in [0.15, 0.2) is 30.5 Å². The number of nitrogens with zero attached hydrogens (tertiary/aromatic N) is 1. The summed E-state index contributed by atoms with van der Waals surface area (Å²) in [5, 5.41) is 1.04. The Hall–Kier alpha value is -2.10. The molecule has 4 heteroatoms. The minimum Gasteiger partial charge on any atom is -0.443 e. The highest BCUT2D eigenvalue weighted by Crippen LogP contribution is 2.24. The zero-order chi connectivity index (χ0) is 15.5. The van der Waals surface area contributed by atoms with Gasteiger partial charge >= 0.3 is 6.09 Å². The third kappa shape index (κ3) is 3.72. The van der Waals surface area contributed by atoms with Gasteiger partial charge in [0, 0.05) is 18.0 Å². The monoisotopic (exact) mass is 287 g/mol. The number of carbonyl (C=O) groups is 2. The van der Waals surface area contributed by atoms with Gasteiger partial charge in [0.05, 0.1) is 5.52 Å². The van der Waals surface area contributed by atoms with Gasteiger partial charge < -0.3 is 9.53 Å². The molecule has 1 aromatic carbocycles. The number of hydrogen-bond acceptors (Lipinski definition) is 3. The number of para-hydroxylation sites is 1. The summed E-state index contributed by atoms with van der Waals surface area (Å²) >= 11 is 0. The zero-order valence-corrected chi connectivity index (χ0v) is 12.8. The predicted octanol–water partition coefficient (Wildman–Crippen LogP) is 3.95. The van der Waals surface area contributed by atoms with E-state index in [0.29, 0.717) is 6.42 Å². The molecule has 0 bridgehead atoms. The predicted molar refractivity (Wildman–Crippen MR) is 82.6 cm³/mol. The molecule has 112 valence electrons. The number of aryl methyl sites for hydroxylation is 1. The maximum absolute atomic E-state index is 12.3. The molecule has 0 aliphatic carbocycles. The highest BCUT2D eigenvalue weighted by molar-refractivity contribution is 5.92. The maximum atomic E-state index is 12.3. The second-order valence-corrected chi connectivity index (χ2v) is 6.08. The number of carbonyl (C=O) groups excluding carboxylic acids is 2. The summed E-state index contributed by atoms with van der Waals surface area (Å²) < 4.78 is 6.99. The van der Waals surface area contributed by atoms with E-state index < -0.39 is 5.60 Å². The average Bonchev–Trinajstić information content (AvgIpc) is 2.77. The van der Waals surface area contributed by atoms with Crippen LogP contribution in [0.1, 0.15) is 39.2 Å². The molecule has 0 fully saturated rings. The lowest BCUT2D eigenvalue weighted by Crippen LogP contribution is -2.26.